The summed E-state index contributed by atoms with van der Waals surface area (Å²) in [5.74, 6) is 3.86. The molecule has 108 valence electrons. The number of nitrogens with one attached hydrogen (secondary N) is 1. The lowest BCUT2D eigenvalue weighted by atomic mass is 9.88. The van der Waals surface area contributed by atoms with Gasteiger partial charge in [0, 0.05) is 19.1 Å². The molecule has 0 spiro atoms. The van der Waals surface area contributed by atoms with E-state index in [1.807, 2.05) is 0 Å². The molecule has 0 aromatic carbocycles. The van der Waals surface area contributed by atoms with Crippen molar-refractivity contribution < 1.29 is 9.90 Å². The van der Waals surface area contributed by atoms with Crippen molar-refractivity contribution in [1.82, 2.24) is 5.32 Å². The minimum Gasteiger partial charge on any atom is -0.396 e. The third kappa shape index (κ3) is 2.42. The molecule has 0 aromatic rings. The highest BCUT2D eigenvalue weighted by Gasteiger charge is 2.67. The lowest BCUT2D eigenvalue weighted by molar-refractivity contribution is -0.123. The predicted octanol–water partition coefficient (Wildman–Crippen LogP) is 2.19. The number of hydrogen-bond donors (Lipinski definition) is 2. The van der Waals surface area contributed by atoms with Gasteiger partial charge in [0.15, 0.2) is 0 Å². The van der Waals surface area contributed by atoms with Crippen molar-refractivity contribution in [2.24, 2.45) is 35.0 Å². The smallest absolute Gasteiger partial charge is 0.223 e. The number of fused-ring (bicyclic) bond motifs is 5. The van der Waals surface area contributed by atoms with Crippen LogP contribution in [0.5, 0.6) is 0 Å². The summed E-state index contributed by atoms with van der Waals surface area (Å²) in [6, 6.07) is 0. The fraction of sp³-hybridized carbons (Fsp3) is 0.938. The fourth-order valence-electron chi connectivity index (χ4n) is 4.77. The standard InChI is InChI=1S/C16H27NO2/c1-16(2,6-3-7-18)9-17-15(19)14-12-10-4-5-11(8-10)13(12)14/h10-14,18H,3-9H2,1-2H3,(H,17,19). The Bertz CT molecular complexity index is 350. The van der Waals surface area contributed by atoms with Gasteiger partial charge in [-0.2, -0.15) is 0 Å². The summed E-state index contributed by atoms with van der Waals surface area (Å²) >= 11 is 0. The summed E-state index contributed by atoms with van der Waals surface area (Å²) in [4.78, 5) is 12.3. The van der Waals surface area contributed by atoms with Crippen LogP contribution in [0.1, 0.15) is 46.0 Å². The molecule has 3 aliphatic rings. The molecule has 3 aliphatic carbocycles. The maximum atomic E-state index is 12.3. The first-order chi connectivity index (χ1) is 9.03. The van der Waals surface area contributed by atoms with Crippen LogP contribution in [-0.4, -0.2) is 24.2 Å². The summed E-state index contributed by atoms with van der Waals surface area (Å²) in [6.45, 7) is 5.32. The third-order valence-electron chi connectivity index (χ3n) is 5.79. The van der Waals surface area contributed by atoms with Gasteiger partial charge in [0.1, 0.15) is 0 Å². The Balaban J connectivity index is 1.46. The van der Waals surface area contributed by atoms with E-state index in [2.05, 4.69) is 19.2 Å². The van der Waals surface area contributed by atoms with E-state index in [4.69, 9.17) is 5.11 Å². The van der Waals surface area contributed by atoms with Gasteiger partial charge in [-0.3, -0.25) is 4.79 Å². The van der Waals surface area contributed by atoms with Gasteiger partial charge in [-0.1, -0.05) is 13.8 Å². The number of aliphatic hydroxyl groups excluding tert-OH is 1. The third-order valence-corrected chi connectivity index (χ3v) is 5.79. The molecule has 2 bridgehead atoms. The molecule has 3 fully saturated rings. The second-order valence-corrected chi connectivity index (χ2v) is 7.72. The van der Waals surface area contributed by atoms with E-state index < -0.39 is 0 Å². The topological polar surface area (TPSA) is 49.3 Å². The molecule has 4 atom stereocenters. The lowest BCUT2D eigenvalue weighted by Crippen LogP contribution is -2.36. The molecule has 3 nitrogen and oxygen atoms in total. The normalized spacial score (nSPS) is 39.2. The number of carbonyl (C=O) groups is 1. The van der Waals surface area contributed by atoms with Crippen LogP contribution >= 0.6 is 0 Å². The monoisotopic (exact) mass is 265 g/mol. The maximum absolute atomic E-state index is 12.3. The SMILES string of the molecule is CC(C)(CCCO)CNC(=O)C1C2C3CCC(C3)C12. The Hall–Kier alpha value is -0.570. The number of carbonyl (C=O) groups excluding carboxylic acids is 1. The Kier molecular flexibility index (Phi) is 3.36. The van der Waals surface area contributed by atoms with Crippen molar-refractivity contribution in [2.45, 2.75) is 46.0 Å². The van der Waals surface area contributed by atoms with Gasteiger partial charge in [0.2, 0.25) is 5.91 Å². The Morgan fingerprint density at radius 1 is 1.26 bits per heavy atom. The average Bonchev–Trinajstić information content (AvgIpc) is 2.82. The van der Waals surface area contributed by atoms with E-state index in [9.17, 15) is 4.79 Å². The zero-order valence-electron chi connectivity index (χ0n) is 12.2. The Labute approximate surface area is 116 Å². The number of amides is 1. The summed E-state index contributed by atoms with van der Waals surface area (Å²) in [5, 5.41) is 12.1. The number of rotatable bonds is 6. The van der Waals surface area contributed by atoms with Crippen LogP contribution in [0.25, 0.3) is 0 Å². The van der Waals surface area contributed by atoms with E-state index in [-0.39, 0.29) is 12.0 Å². The van der Waals surface area contributed by atoms with Crippen molar-refractivity contribution in [3.05, 3.63) is 0 Å². The van der Waals surface area contributed by atoms with Crippen LogP contribution in [0, 0.1) is 35.0 Å². The van der Waals surface area contributed by atoms with Crippen LogP contribution in [0.15, 0.2) is 0 Å². The first-order valence-corrected chi connectivity index (χ1v) is 7.92. The van der Waals surface area contributed by atoms with Gasteiger partial charge in [0.05, 0.1) is 0 Å². The molecule has 0 radical (unpaired) electrons. The molecular weight excluding hydrogens is 238 g/mol. The van der Waals surface area contributed by atoms with Crippen molar-refractivity contribution in [3.63, 3.8) is 0 Å². The van der Waals surface area contributed by atoms with Crippen molar-refractivity contribution in [3.8, 4) is 0 Å². The quantitative estimate of drug-likeness (QED) is 0.773. The van der Waals surface area contributed by atoms with E-state index >= 15 is 0 Å². The minimum atomic E-state index is 0.0986. The molecular formula is C16H27NO2. The Morgan fingerprint density at radius 2 is 1.89 bits per heavy atom. The molecule has 2 N–H and O–H groups in total. The van der Waals surface area contributed by atoms with Crippen LogP contribution in [-0.2, 0) is 4.79 Å². The van der Waals surface area contributed by atoms with E-state index in [0.29, 0.717) is 11.8 Å². The average molecular weight is 265 g/mol. The molecule has 0 aliphatic heterocycles. The second-order valence-electron chi connectivity index (χ2n) is 7.72. The van der Waals surface area contributed by atoms with Crippen LogP contribution < -0.4 is 5.32 Å². The van der Waals surface area contributed by atoms with Crippen molar-refractivity contribution in [2.75, 3.05) is 13.2 Å². The number of hydrogen-bond acceptors (Lipinski definition) is 2. The second kappa shape index (κ2) is 4.76. The molecule has 0 aromatic heterocycles. The molecule has 0 heterocycles. The molecule has 3 heteroatoms. The van der Waals surface area contributed by atoms with Crippen LogP contribution in [0.3, 0.4) is 0 Å². The molecule has 3 rings (SSSR count). The molecule has 19 heavy (non-hydrogen) atoms. The Morgan fingerprint density at radius 3 is 2.47 bits per heavy atom. The maximum Gasteiger partial charge on any atom is 0.223 e. The molecule has 0 saturated heterocycles. The summed E-state index contributed by atoms with van der Waals surface area (Å²) in [5.41, 5.74) is 0.0986. The fourth-order valence-corrected chi connectivity index (χ4v) is 4.77. The van der Waals surface area contributed by atoms with Gasteiger partial charge in [0.25, 0.3) is 0 Å². The lowest BCUT2D eigenvalue weighted by Gasteiger charge is -2.25. The van der Waals surface area contributed by atoms with Crippen LogP contribution in [0.4, 0.5) is 0 Å². The molecule has 4 unspecified atom stereocenters. The minimum absolute atomic E-state index is 0.0986. The highest BCUT2D eigenvalue weighted by Crippen LogP contribution is 2.69. The van der Waals surface area contributed by atoms with Crippen molar-refractivity contribution >= 4 is 5.91 Å². The van der Waals surface area contributed by atoms with E-state index in [1.54, 1.807) is 0 Å². The van der Waals surface area contributed by atoms with Gasteiger partial charge < -0.3 is 10.4 Å². The first kappa shape index (κ1) is 13.4. The van der Waals surface area contributed by atoms with Gasteiger partial charge in [-0.25, -0.2) is 0 Å². The zero-order chi connectivity index (χ0) is 13.6. The number of aliphatic hydroxyl groups is 1. The van der Waals surface area contributed by atoms with E-state index in [0.717, 1.165) is 43.1 Å². The molecule has 3 saturated carbocycles. The van der Waals surface area contributed by atoms with Crippen LogP contribution in [0.2, 0.25) is 0 Å². The van der Waals surface area contributed by atoms with Crippen molar-refractivity contribution in [1.29, 1.82) is 0 Å². The highest BCUT2D eigenvalue weighted by atomic mass is 16.2. The zero-order valence-corrected chi connectivity index (χ0v) is 12.2. The van der Waals surface area contributed by atoms with Gasteiger partial charge in [-0.05, 0) is 61.2 Å². The summed E-state index contributed by atoms with van der Waals surface area (Å²) in [7, 11) is 0. The highest BCUT2D eigenvalue weighted by molar-refractivity contribution is 5.82. The predicted molar refractivity (Wildman–Crippen MR) is 74.4 cm³/mol. The van der Waals surface area contributed by atoms with Gasteiger partial charge in [-0.15, -0.1) is 0 Å². The summed E-state index contributed by atoms with van der Waals surface area (Å²) in [6.07, 6.45) is 5.94. The van der Waals surface area contributed by atoms with Gasteiger partial charge >= 0.3 is 0 Å². The van der Waals surface area contributed by atoms with E-state index in [1.165, 1.54) is 19.3 Å². The largest absolute Gasteiger partial charge is 0.396 e. The first-order valence-electron chi connectivity index (χ1n) is 7.92. The molecule has 1 amide bonds. The summed E-state index contributed by atoms with van der Waals surface area (Å²) < 4.78 is 0.